The maximum absolute atomic E-state index is 10.4. The van der Waals surface area contributed by atoms with Crippen LogP contribution < -0.4 is 16.0 Å². The van der Waals surface area contributed by atoms with Crippen molar-refractivity contribution < 1.29 is 14.4 Å². The summed E-state index contributed by atoms with van der Waals surface area (Å²) in [4.78, 5) is 15.2. The fraction of sp³-hybridized carbons (Fsp3) is 0.300. The third-order valence-electron chi connectivity index (χ3n) is 1.77. The molecule has 0 aromatic heterocycles. The Kier molecular flexibility index (Phi) is 4.59. The maximum atomic E-state index is 10.4. The summed E-state index contributed by atoms with van der Waals surface area (Å²) in [7, 11) is 1.60. The predicted octanol–water partition coefficient (Wildman–Crippen LogP) is 0.202. The van der Waals surface area contributed by atoms with Gasteiger partial charge >= 0.3 is 0 Å². The number of hydrogen-bond acceptors (Lipinski definition) is 4. The predicted molar refractivity (Wildman–Crippen MR) is 55.0 cm³/mol. The zero-order valence-electron chi connectivity index (χ0n) is 8.53. The summed E-state index contributed by atoms with van der Waals surface area (Å²) in [5.41, 5.74) is 8.47. The van der Waals surface area contributed by atoms with Crippen molar-refractivity contribution in [2.45, 2.75) is 6.54 Å². The van der Waals surface area contributed by atoms with E-state index in [2.05, 4.69) is 5.48 Å². The molecule has 15 heavy (non-hydrogen) atoms. The average Bonchev–Trinajstić information content (AvgIpc) is 2.24. The first kappa shape index (κ1) is 11.5. The lowest BCUT2D eigenvalue weighted by molar-refractivity contribution is -0.125. The van der Waals surface area contributed by atoms with E-state index in [1.165, 1.54) is 0 Å². The number of hydrogen-bond donors (Lipinski definition) is 2. The summed E-state index contributed by atoms with van der Waals surface area (Å²) >= 11 is 0. The lowest BCUT2D eigenvalue weighted by Gasteiger charge is -2.08. The van der Waals surface area contributed by atoms with E-state index in [-0.39, 0.29) is 6.61 Å². The van der Waals surface area contributed by atoms with Crippen LogP contribution >= 0.6 is 0 Å². The van der Waals surface area contributed by atoms with Gasteiger partial charge in [-0.2, -0.15) is 5.48 Å². The highest BCUT2D eigenvalue weighted by Gasteiger charge is 2.01. The quantitative estimate of drug-likeness (QED) is 0.519. The minimum Gasteiger partial charge on any atom is -0.496 e. The highest BCUT2D eigenvalue weighted by Crippen LogP contribution is 2.16. The highest BCUT2D eigenvalue weighted by molar-refractivity contribution is 5.74. The number of hydroxylamine groups is 1. The third-order valence-corrected chi connectivity index (χ3v) is 1.77. The first-order valence-corrected chi connectivity index (χ1v) is 4.49. The Morgan fingerprint density at radius 2 is 2.20 bits per heavy atom. The fourth-order valence-electron chi connectivity index (χ4n) is 1.10. The van der Waals surface area contributed by atoms with Crippen molar-refractivity contribution in [3.8, 4) is 5.75 Å². The molecule has 0 fully saturated rings. The molecule has 0 radical (unpaired) electrons. The molecular formula is C10H14N2O3. The maximum Gasteiger partial charge on any atom is 0.245 e. The Morgan fingerprint density at radius 1 is 1.47 bits per heavy atom. The molecule has 0 aliphatic rings. The molecular weight excluding hydrogens is 196 g/mol. The van der Waals surface area contributed by atoms with Gasteiger partial charge in [0.05, 0.1) is 7.11 Å². The largest absolute Gasteiger partial charge is 0.496 e. The Labute approximate surface area is 88.1 Å². The van der Waals surface area contributed by atoms with Crippen molar-refractivity contribution in [2.75, 3.05) is 13.7 Å². The molecule has 0 atom stereocenters. The van der Waals surface area contributed by atoms with Gasteiger partial charge in [0, 0.05) is 12.1 Å². The van der Waals surface area contributed by atoms with Crippen LogP contribution in [-0.4, -0.2) is 19.6 Å². The molecule has 1 aromatic rings. The van der Waals surface area contributed by atoms with E-state index in [0.717, 1.165) is 11.3 Å². The molecule has 1 amide bonds. The summed E-state index contributed by atoms with van der Waals surface area (Å²) in [5, 5.41) is 0. The molecule has 82 valence electrons. The lowest BCUT2D eigenvalue weighted by atomic mass is 10.2. The van der Waals surface area contributed by atoms with E-state index in [9.17, 15) is 4.79 Å². The number of nitrogens with two attached hydrogens (primary N) is 1. The number of amides is 1. The zero-order valence-corrected chi connectivity index (χ0v) is 8.53. The fourth-order valence-corrected chi connectivity index (χ4v) is 1.10. The first-order valence-electron chi connectivity index (χ1n) is 4.49. The van der Waals surface area contributed by atoms with Gasteiger partial charge in [0.1, 0.15) is 12.4 Å². The minimum absolute atomic E-state index is 0.144. The first-order chi connectivity index (χ1) is 7.24. The molecule has 1 rings (SSSR count). The van der Waals surface area contributed by atoms with Crippen LogP contribution in [0.15, 0.2) is 24.3 Å². The minimum atomic E-state index is -0.512. The SMILES string of the molecule is COc1ccccc1CNOCC(N)=O. The van der Waals surface area contributed by atoms with Crippen molar-refractivity contribution in [3.63, 3.8) is 0 Å². The number of methoxy groups -OCH3 is 1. The third kappa shape index (κ3) is 3.97. The molecule has 0 bridgehead atoms. The van der Waals surface area contributed by atoms with Crippen LogP contribution in [0.4, 0.5) is 0 Å². The number of carbonyl (C=O) groups is 1. The van der Waals surface area contributed by atoms with Gasteiger partial charge in [0.15, 0.2) is 0 Å². The van der Waals surface area contributed by atoms with Gasteiger partial charge in [-0.1, -0.05) is 18.2 Å². The molecule has 3 N–H and O–H groups in total. The van der Waals surface area contributed by atoms with Crippen LogP contribution in [0.5, 0.6) is 5.75 Å². The van der Waals surface area contributed by atoms with Crippen LogP contribution in [0.2, 0.25) is 0 Å². The summed E-state index contributed by atoms with van der Waals surface area (Å²) < 4.78 is 5.14. The second-order valence-corrected chi connectivity index (χ2v) is 2.89. The Hall–Kier alpha value is -1.59. The Morgan fingerprint density at radius 3 is 2.87 bits per heavy atom. The van der Waals surface area contributed by atoms with Crippen molar-refractivity contribution in [2.24, 2.45) is 5.73 Å². The second-order valence-electron chi connectivity index (χ2n) is 2.89. The van der Waals surface area contributed by atoms with Crippen molar-refractivity contribution in [1.82, 2.24) is 5.48 Å². The number of primary amides is 1. The number of para-hydroxylation sites is 1. The summed E-state index contributed by atoms with van der Waals surface area (Å²) in [5.74, 6) is 0.259. The number of ether oxygens (including phenoxy) is 1. The van der Waals surface area contributed by atoms with Crippen LogP contribution in [0, 0.1) is 0 Å². The molecule has 5 heteroatoms. The number of carbonyl (C=O) groups excluding carboxylic acids is 1. The highest BCUT2D eigenvalue weighted by atomic mass is 16.6. The number of rotatable bonds is 6. The van der Waals surface area contributed by atoms with Crippen LogP contribution in [-0.2, 0) is 16.2 Å². The summed E-state index contributed by atoms with van der Waals surface area (Å²) in [6, 6.07) is 7.53. The van der Waals surface area contributed by atoms with Gasteiger partial charge in [-0.05, 0) is 6.07 Å². The van der Waals surface area contributed by atoms with E-state index in [1.54, 1.807) is 7.11 Å². The zero-order chi connectivity index (χ0) is 11.1. The van der Waals surface area contributed by atoms with Crippen LogP contribution in [0.25, 0.3) is 0 Å². The summed E-state index contributed by atoms with van der Waals surface area (Å²) in [6.07, 6.45) is 0. The Bertz CT molecular complexity index is 328. The smallest absolute Gasteiger partial charge is 0.245 e. The summed E-state index contributed by atoms with van der Waals surface area (Å²) in [6.45, 7) is 0.312. The lowest BCUT2D eigenvalue weighted by Crippen LogP contribution is -2.24. The molecule has 0 unspecified atom stereocenters. The Balaban J connectivity index is 2.39. The van der Waals surface area contributed by atoms with E-state index < -0.39 is 5.91 Å². The van der Waals surface area contributed by atoms with Gasteiger partial charge in [0.2, 0.25) is 5.91 Å². The van der Waals surface area contributed by atoms with Crippen molar-refractivity contribution in [1.29, 1.82) is 0 Å². The van der Waals surface area contributed by atoms with Crippen LogP contribution in [0.1, 0.15) is 5.56 Å². The molecule has 0 aliphatic carbocycles. The number of nitrogens with one attached hydrogen (secondary N) is 1. The normalized spacial score (nSPS) is 9.93. The van der Waals surface area contributed by atoms with Gasteiger partial charge in [-0.15, -0.1) is 0 Å². The van der Waals surface area contributed by atoms with Crippen molar-refractivity contribution in [3.05, 3.63) is 29.8 Å². The molecule has 0 saturated heterocycles. The van der Waals surface area contributed by atoms with E-state index in [4.69, 9.17) is 15.3 Å². The molecule has 0 aliphatic heterocycles. The van der Waals surface area contributed by atoms with Crippen LogP contribution in [0.3, 0.4) is 0 Å². The standard InChI is InChI=1S/C10H14N2O3/c1-14-9-5-3-2-4-8(9)6-12-15-7-10(11)13/h2-5,12H,6-7H2,1H3,(H2,11,13). The molecule has 0 spiro atoms. The monoisotopic (exact) mass is 210 g/mol. The van der Waals surface area contributed by atoms with Crippen molar-refractivity contribution >= 4 is 5.91 Å². The molecule has 0 saturated carbocycles. The second kappa shape index (κ2) is 6.00. The number of benzene rings is 1. The van der Waals surface area contributed by atoms with Gasteiger partial charge in [-0.25, -0.2) is 0 Å². The topological polar surface area (TPSA) is 73.6 Å². The van der Waals surface area contributed by atoms with E-state index in [1.807, 2.05) is 24.3 Å². The van der Waals surface area contributed by atoms with Gasteiger partial charge < -0.3 is 10.5 Å². The van der Waals surface area contributed by atoms with Gasteiger partial charge in [0.25, 0.3) is 0 Å². The molecule has 0 heterocycles. The van der Waals surface area contributed by atoms with E-state index in [0.29, 0.717) is 6.54 Å². The molecule has 5 nitrogen and oxygen atoms in total. The molecule has 1 aromatic carbocycles. The van der Waals surface area contributed by atoms with E-state index >= 15 is 0 Å². The average molecular weight is 210 g/mol. The van der Waals surface area contributed by atoms with Gasteiger partial charge in [-0.3, -0.25) is 9.63 Å².